The molecule has 4 aromatic rings. The minimum atomic E-state index is -1.02. The van der Waals surface area contributed by atoms with Gasteiger partial charge in [-0.25, -0.2) is 4.79 Å². The van der Waals surface area contributed by atoms with Crippen LogP contribution in [0.1, 0.15) is 72.0 Å². The van der Waals surface area contributed by atoms with Crippen LogP contribution in [0, 0.1) is 11.3 Å². The Morgan fingerprint density at radius 3 is 2.26 bits per heavy atom. The van der Waals surface area contributed by atoms with Crippen molar-refractivity contribution in [1.29, 1.82) is 0 Å². The van der Waals surface area contributed by atoms with Crippen molar-refractivity contribution in [1.82, 2.24) is 10.2 Å². The number of carbonyl (C=O) groups excluding carboxylic acids is 2. The average Bonchev–Trinajstić information content (AvgIpc) is 3.38. The van der Waals surface area contributed by atoms with E-state index in [9.17, 15) is 19.5 Å². The van der Waals surface area contributed by atoms with Crippen molar-refractivity contribution in [3.05, 3.63) is 87.8 Å². The molecule has 1 atom stereocenters. The van der Waals surface area contributed by atoms with Crippen molar-refractivity contribution in [2.45, 2.75) is 65.1 Å². The molecule has 0 aliphatic heterocycles. The van der Waals surface area contributed by atoms with Gasteiger partial charge in [-0.15, -0.1) is 11.3 Å². The van der Waals surface area contributed by atoms with Crippen molar-refractivity contribution in [3.63, 3.8) is 0 Å². The number of fused-ring (bicyclic) bond motifs is 1. The summed E-state index contributed by atoms with van der Waals surface area (Å²) in [5.41, 5.74) is 8.27. The average molecular weight is 662 g/mol. The molecule has 1 saturated carbocycles. The maximum atomic E-state index is 14.5. The monoisotopic (exact) mass is 661 g/mol. The molecule has 1 heterocycles. The molecule has 1 aliphatic rings. The van der Waals surface area contributed by atoms with Gasteiger partial charge in [0.25, 0.3) is 5.91 Å². The summed E-state index contributed by atoms with van der Waals surface area (Å²) in [4.78, 5) is 40.2. The van der Waals surface area contributed by atoms with Crippen LogP contribution < -0.4 is 15.8 Å². The number of amides is 3. The first-order chi connectivity index (χ1) is 21.9. The van der Waals surface area contributed by atoms with Crippen LogP contribution in [0.2, 0.25) is 5.02 Å². The molecule has 46 heavy (non-hydrogen) atoms. The third kappa shape index (κ3) is 7.16. The fourth-order valence-electron chi connectivity index (χ4n) is 6.66. The summed E-state index contributed by atoms with van der Waals surface area (Å²) in [6.07, 6.45) is 1.99. The van der Waals surface area contributed by atoms with Gasteiger partial charge in [-0.2, -0.15) is 0 Å². The van der Waals surface area contributed by atoms with Gasteiger partial charge in [0, 0.05) is 39.8 Å². The lowest BCUT2D eigenvalue weighted by Gasteiger charge is -2.43. The molecule has 0 spiro atoms. The van der Waals surface area contributed by atoms with E-state index >= 15 is 0 Å². The van der Waals surface area contributed by atoms with Crippen molar-refractivity contribution in [2.75, 3.05) is 7.11 Å². The number of carbonyl (C=O) groups is 3. The fraction of sp³-hybridized carbons (Fsp3) is 0.361. The maximum absolute atomic E-state index is 14.5. The van der Waals surface area contributed by atoms with Crippen LogP contribution in [0.4, 0.5) is 4.79 Å². The van der Waals surface area contributed by atoms with E-state index in [0.717, 1.165) is 52.5 Å². The van der Waals surface area contributed by atoms with Crippen LogP contribution >= 0.6 is 22.9 Å². The smallest absolute Gasteiger partial charge is 0.404 e. The third-order valence-corrected chi connectivity index (χ3v) is 10.6. The summed E-state index contributed by atoms with van der Waals surface area (Å²) < 4.78 is 6.72. The van der Waals surface area contributed by atoms with Crippen LogP contribution in [0.5, 0.6) is 5.75 Å². The third-order valence-electron chi connectivity index (χ3n) is 8.98. The Morgan fingerprint density at radius 2 is 1.67 bits per heavy atom. The van der Waals surface area contributed by atoms with E-state index in [1.54, 1.807) is 19.2 Å². The minimum Gasteiger partial charge on any atom is -0.496 e. The maximum Gasteiger partial charge on any atom is 0.404 e. The van der Waals surface area contributed by atoms with E-state index in [1.807, 2.05) is 59.5 Å². The van der Waals surface area contributed by atoms with Gasteiger partial charge in [-0.3, -0.25) is 9.59 Å². The van der Waals surface area contributed by atoms with Gasteiger partial charge in [-0.05, 0) is 78.5 Å². The zero-order valence-corrected chi connectivity index (χ0v) is 28.1. The number of hydrogen-bond acceptors (Lipinski definition) is 5. The van der Waals surface area contributed by atoms with Gasteiger partial charge < -0.3 is 25.8 Å². The van der Waals surface area contributed by atoms with Crippen LogP contribution in [0.3, 0.4) is 0 Å². The Balaban J connectivity index is 1.49. The van der Waals surface area contributed by atoms with E-state index in [4.69, 9.17) is 22.1 Å². The number of ether oxygens (including phenoxy) is 1. The Bertz CT molecular complexity index is 1740. The van der Waals surface area contributed by atoms with Crippen LogP contribution in [-0.2, 0) is 6.54 Å². The number of thiophene rings is 1. The van der Waals surface area contributed by atoms with E-state index < -0.39 is 12.0 Å². The predicted octanol–water partition coefficient (Wildman–Crippen LogP) is 8.21. The number of carboxylic acid groups (broad SMARTS) is 1. The first-order valence-corrected chi connectivity index (χ1v) is 16.6. The predicted molar refractivity (Wildman–Crippen MR) is 184 cm³/mol. The number of methoxy groups -OCH3 is 1. The summed E-state index contributed by atoms with van der Waals surface area (Å²) in [6.45, 7) is 6.46. The van der Waals surface area contributed by atoms with Gasteiger partial charge >= 0.3 is 6.09 Å². The number of primary amides is 1. The number of nitrogens with one attached hydrogen (secondary N) is 1. The lowest BCUT2D eigenvalue weighted by atomic mass is 9.72. The van der Waals surface area contributed by atoms with Gasteiger partial charge in [0.05, 0.1) is 12.1 Å². The molecule has 10 heteroatoms. The summed E-state index contributed by atoms with van der Waals surface area (Å²) in [7, 11) is 1.61. The first kappa shape index (κ1) is 33.3. The summed E-state index contributed by atoms with van der Waals surface area (Å²) in [5, 5.41) is 13.6. The molecule has 0 bridgehead atoms. The SMILES string of the molecule is COc1ccc(-c2ccc(C(N)=O)cc2)cc1CN(C(=O)c1sc2ccccc2c1Cl)C1CCC(C(NC(=O)O)C(C)(C)C)CC1. The lowest BCUT2D eigenvalue weighted by molar-refractivity contribution is 0.0543. The lowest BCUT2D eigenvalue weighted by Crippen LogP contribution is -2.50. The Kier molecular flexibility index (Phi) is 9.93. The molecule has 242 valence electrons. The Labute approximate surface area is 278 Å². The number of benzene rings is 3. The topological polar surface area (TPSA) is 122 Å². The standard InChI is InChI=1S/C36H40ClN3O5S/c1-36(2,3)32(39-35(43)44)22-13-16-26(17-14-22)40(34(42)31-30(37)27-7-5-6-8-29(27)46-31)20-25-19-24(15-18-28(25)45-4)21-9-11-23(12-10-21)33(38)41/h5-12,15,18-19,22,26,32,39H,13-14,16-17,20H2,1-4H3,(H2,38,41)(H,43,44). The van der Waals surface area contributed by atoms with Gasteiger partial charge in [-0.1, -0.05) is 68.8 Å². The van der Waals surface area contributed by atoms with Crippen molar-refractivity contribution < 1.29 is 24.2 Å². The Hall–Kier alpha value is -4.08. The minimum absolute atomic E-state index is 0.0845. The van der Waals surface area contributed by atoms with E-state index in [1.165, 1.54) is 11.3 Å². The van der Waals surface area contributed by atoms with Gasteiger partial charge in [0.2, 0.25) is 5.91 Å². The van der Waals surface area contributed by atoms with E-state index in [-0.39, 0.29) is 29.3 Å². The summed E-state index contributed by atoms with van der Waals surface area (Å²) in [6, 6.07) is 20.4. The molecular weight excluding hydrogens is 622 g/mol. The molecular formula is C36H40ClN3O5S. The normalized spacial score (nSPS) is 17.3. The zero-order chi connectivity index (χ0) is 33.2. The molecule has 3 amide bonds. The molecule has 0 saturated heterocycles. The highest BCUT2D eigenvalue weighted by Crippen LogP contribution is 2.41. The Morgan fingerprint density at radius 1 is 1.02 bits per heavy atom. The number of rotatable bonds is 9. The molecule has 1 fully saturated rings. The van der Waals surface area contributed by atoms with Gasteiger partial charge in [0.15, 0.2) is 0 Å². The highest BCUT2D eigenvalue weighted by atomic mass is 35.5. The van der Waals surface area contributed by atoms with Crippen LogP contribution in [0.25, 0.3) is 21.2 Å². The first-order valence-electron chi connectivity index (χ1n) is 15.4. The highest BCUT2D eigenvalue weighted by Gasteiger charge is 2.38. The molecule has 4 N–H and O–H groups in total. The number of nitrogens with two attached hydrogens (primary N) is 1. The number of hydrogen-bond donors (Lipinski definition) is 3. The quantitative estimate of drug-likeness (QED) is 0.167. The second-order valence-electron chi connectivity index (χ2n) is 13.0. The second kappa shape index (κ2) is 13.7. The van der Waals surface area contributed by atoms with E-state index in [0.29, 0.717) is 27.8 Å². The van der Waals surface area contributed by atoms with Crippen LogP contribution in [-0.4, -0.2) is 47.1 Å². The molecule has 0 radical (unpaired) electrons. The molecule has 1 unspecified atom stereocenters. The summed E-state index contributed by atoms with van der Waals surface area (Å²) in [5.74, 6) is 0.186. The van der Waals surface area contributed by atoms with Crippen molar-refractivity contribution in [3.8, 4) is 16.9 Å². The van der Waals surface area contributed by atoms with Crippen LogP contribution in [0.15, 0.2) is 66.7 Å². The fourth-order valence-corrected chi connectivity index (χ4v) is 8.13. The summed E-state index contributed by atoms with van der Waals surface area (Å²) >= 11 is 8.24. The molecule has 1 aromatic heterocycles. The highest BCUT2D eigenvalue weighted by molar-refractivity contribution is 7.21. The van der Waals surface area contributed by atoms with Gasteiger partial charge in [0.1, 0.15) is 10.6 Å². The van der Waals surface area contributed by atoms with Crippen molar-refractivity contribution in [2.24, 2.45) is 17.1 Å². The molecule has 1 aliphatic carbocycles. The number of halogens is 1. The zero-order valence-electron chi connectivity index (χ0n) is 26.5. The largest absolute Gasteiger partial charge is 0.496 e. The second-order valence-corrected chi connectivity index (χ2v) is 14.4. The number of nitrogens with zero attached hydrogens (tertiary/aromatic N) is 1. The molecule has 8 nitrogen and oxygen atoms in total. The van der Waals surface area contributed by atoms with Crippen molar-refractivity contribution >= 4 is 50.9 Å². The molecule has 5 rings (SSSR count). The molecule has 3 aromatic carbocycles. The van der Waals surface area contributed by atoms with E-state index in [2.05, 4.69) is 26.1 Å².